The first kappa shape index (κ1) is 9.67. The number of hydrogen-bond donors (Lipinski definition) is 1. The molecule has 0 bridgehead atoms. The van der Waals surface area contributed by atoms with Crippen LogP contribution in [-0.4, -0.2) is 16.2 Å². The zero-order valence-electron chi connectivity index (χ0n) is 6.81. The third-order valence-corrected chi connectivity index (χ3v) is 1.36. The smallest absolute Gasteiger partial charge is 0.286 e. The summed E-state index contributed by atoms with van der Waals surface area (Å²) in [5.41, 5.74) is -0.948. The number of H-pyrrole nitrogens is 1. The SMILES string of the molecule is O=CC#Cc1cc([N+](=O)[O-])c[nH]c1=O. The van der Waals surface area contributed by atoms with E-state index in [1.54, 1.807) is 0 Å². The molecule has 6 heteroatoms. The van der Waals surface area contributed by atoms with Crippen LogP contribution in [0, 0.1) is 22.0 Å². The topological polar surface area (TPSA) is 93.1 Å². The number of nitrogens with zero attached hydrogens (tertiary/aromatic N) is 1. The van der Waals surface area contributed by atoms with Crippen molar-refractivity contribution in [3.8, 4) is 11.8 Å². The Morgan fingerprint density at radius 3 is 2.86 bits per heavy atom. The van der Waals surface area contributed by atoms with Gasteiger partial charge in [0.25, 0.3) is 11.2 Å². The van der Waals surface area contributed by atoms with Gasteiger partial charge in [0, 0.05) is 6.07 Å². The minimum atomic E-state index is -0.665. The van der Waals surface area contributed by atoms with E-state index in [1.165, 1.54) is 0 Å². The molecule has 70 valence electrons. The van der Waals surface area contributed by atoms with E-state index >= 15 is 0 Å². The number of hydrogen-bond acceptors (Lipinski definition) is 4. The molecular weight excluding hydrogens is 188 g/mol. The Morgan fingerprint density at radius 2 is 2.29 bits per heavy atom. The highest BCUT2D eigenvalue weighted by molar-refractivity contribution is 5.73. The monoisotopic (exact) mass is 192 g/mol. The van der Waals surface area contributed by atoms with Crippen LogP contribution in [-0.2, 0) is 4.79 Å². The molecule has 1 rings (SSSR count). The summed E-state index contributed by atoms with van der Waals surface area (Å²) in [6.07, 6.45) is 1.27. The lowest BCUT2D eigenvalue weighted by molar-refractivity contribution is -0.385. The van der Waals surface area contributed by atoms with E-state index in [-0.39, 0.29) is 11.3 Å². The molecule has 0 aromatic carbocycles. The molecular formula is C8H4N2O4. The predicted octanol–water partition coefficient (Wildman–Crippen LogP) is -0.167. The van der Waals surface area contributed by atoms with E-state index < -0.39 is 10.5 Å². The van der Waals surface area contributed by atoms with E-state index in [1.807, 2.05) is 5.92 Å². The minimum absolute atomic E-state index is 0.105. The van der Waals surface area contributed by atoms with Crippen LogP contribution in [0.15, 0.2) is 17.1 Å². The van der Waals surface area contributed by atoms with Crippen LogP contribution in [0.5, 0.6) is 0 Å². The number of nitro groups is 1. The Labute approximate surface area is 77.7 Å². The molecule has 14 heavy (non-hydrogen) atoms. The summed E-state index contributed by atoms with van der Waals surface area (Å²) in [6.45, 7) is 0. The van der Waals surface area contributed by atoms with E-state index in [4.69, 9.17) is 0 Å². The number of carbonyl (C=O) groups is 1. The number of carbonyl (C=O) groups excluding carboxylic acids is 1. The normalized spacial score (nSPS) is 8.57. The van der Waals surface area contributed by atoms with Crippen LogP contribution in [0.1, 0.15) is 5.56 Å². The van der Waals surface area contributed by atoms with Crippen molar-refractivity contribution < 1.29 is 9.72 Å². The molecule has 6 nitrogen and oxygen atoms in total. The quantitative estimate of drug-likeness (QED) is 0.289. The van der Waals surface area contributed by atoms with Crippen LogP contribution in [0.25, 0.3) is 0 Å². The Balaban J connectivity index is 3.28. The first-order valence-corrected chi connectivity index (χ1v) is 3.47. The maximum Gasteiger partial charge on any atom is 0.286 e. The number of aromatic amines is 1. The third-order valence-electron chi connectivity index (χ3n) is 1.36. The van der Waals surface area contributed by atoms with E-state index in [0.717, 1.165) is 12.3 Å². The van der Waals surface area contributed by atoms with Crippen molar-refractivity contribution in [2.24, 2.45) is 0 Å². The Morgan fingerprint density at radius 1 is 1.57 bits per heavy atom. The molecule has 0 radical (unpaired) electrons. The Hall–Kier alpha value is -2.42. The molecule has 0 atom stereocenters. The highest BCUT2D eigenvalue weighted by atomic mass is 16.6. The predicted molar refractivity (Wildman–Crippen MR) is 46.7 cm³/mol. The maximum atomic E-state index is 11.0. The van der Waals surface area contributed by atoms with Gasteiger partial charge in [-0.3, -0.25) is 19.7 Å². The molecule has 0 spiro atoms. The highest BCUT2D eigenvalue weighted by Gasteiger charge is 2.07. The largest absolute Gasteiger partial charge is 0.322 e. The fourth-order valence-electron chi connectivity index (χ4n) is 0.778. The molecule has 1 aromatic heterocycles. The van der Waals surface area contributed by atoms with Gasteiger partial charge in [-0.05, 0) is 5.92 Å². The summed E-state index contributed by atoms with van der Waals surface area (Å²) in [4.78, 5) is 32.7. The molecule has 0 aliphatic heterocycles. The van der Waals surface area contributed by atoms with Crippen molar-refractivity contribution in [1.82, 2.24) is 4.98 Å². The van der Waals surface area contributed by atoms with E-state index in [2.05, 4.69) is 10.9 Å². The minimum Gasteiger partial charge on any atom is -0.322 e. The van der Waals surface area contributed by atoms with Crippen molar-refractivity contribution in [2.45, 2.75) is 0 Å². The number of pyridine rings is 1. The van der Waals surface area contributed by atoms with Gasteiger partial charge in [-0.2, -0.15) is 0 Å². The van der Waals surface area contributed by atoms with Crippen LogP contribution in [0.2, 0.25) is 0 Å². The highest BCUT2D eigenvalue weighted by Crippen LogP contribution is 2.06. The molecule has 0 fully saturated rings. The zero-order chi connectivity index (χ0) is 10.6. The van der Waals surface area contributed by atoms with Crippen molar-refractivity contribution >= 4 is 12.0 Å². The lowest BCUT2D eigenvalue weighted by Crippen LogP contribution is -2.09. The van der Waals surface area contributed by atoms with Gasteiger partial charge in [0.1, 0.15) is 0 Å². The van der Waals surface area contributed by atoms with Gasteiger partial charge in [-0.15, -0.1) is 0 Å². The van der Waals surface area contributed by atoms with Crippen LogP contribution >= 0.6 is 0 Å². The maximum absolute atomic E-state index is 11.0. The molecule has 0 aliphatic carbocycles. The molecule has 1 aromatic rings. The fraction of sp³-hybridized carbons (Fsp3) is 0. The molecule has 0 amide bonds. The molecule has 1 heterocycles. The second-order valence-electron chi connectivity index (χ2n) is 2.24. The molecule has 0 unspecified atom stereocenters. The molecule has 1 N–H and O–H groups in total. The van der Waals surface area contributed by atoms with Crippen molar-refractivity contribution in [3.05, 3.63) is 38.3 Å². The number of nitrogens with one attached hydrogen (secondary N) is 1. The number of aldehydes is 1. The van der Waals surface area contributed by atoms with Gasteiger partial charge in [0.15, 0.2) is 6.29 Å². The number of rotatable bonds is 1. The van der Waals surface area contributed by atoms with E-state index in [0.29, 0.717) is 6.29 Å². The van der Waals surface area contributed by atoms with Crippen LogP contribution in [0.4, 0.5) is 5.69 Å². The van der Waals surface area contributed by atoms with Crippen molar-refractivity contribution in [3.63, 3.8) is 0 Å². The Kier molecular flexibility index (Phi) is 2.76. The first-order chi connectivity index (χ1) is 6.65. The average Bonchev–Trinajstić information content (AvgIpc) is 2.16. The second-order valence-corrected chi connectivity index (χ2v) is 2.24. The summed E-state index contributed by atoms with van der Waals surface area (Å²) < 4.78 is 0. The van der Waals surface area contributed by atoms with Gasteiger partial charge in [0.05, 0.1) is 16.7 Å². The van der Waals surface area contributed by atoms with Gasteiger partial charge >= 0.3 is 0 Å². The molecule has 0 saturated carbocycles. The third kappa shape index (κ3) is 2.04. The zero-order valence-corrected chi connectivity index (χ0v) is 6.81. The van der Waals surface area contributed by atoms with E-state index in [9.17, 15) is 19.7 Å². The van der Waals surface area contributed by atoms with Gasteiger partial charge in [-0.1, -0.05) is 5.92 Å². The van der Waals surface area contributed by atoms with Gasteiger partial charge < -0.3 is 4.98 Å². The van der Waals surface area contributed by atoms with Gasteiger partial charge in [-0.25, -0.2) is 0 Å². The Bertz CT molecular complexity index is 492. The van der Waals surface area contributed by atoms with Crippen LogP contribution in [0.3, 0.4) is 0 Å². The second kappa shape index (κ2) is 4.00. The lowest BCUT2D eigenvalue weighted by Gasteiger charge is -1.90. The summed E-state index contributed by atoms with van der Waals surface area (Å²) in [5, 5.41) is 10.3. The van der Waals surface area contributed by atoms with Gasteiger partial charge in [0.2, 0.25) is 0 Å². The average molecular weight is 192 g/mol. The number of aromatic nitrogens is 1. The van der Waals surface area contributed by atoms with Crippen molar-refractivity contribution in [2.75, 3.05) is 0 Å². The first-order valence-electron chi connectivity index (χ1n) is 3.47. The van der Waals surface area contributed by atoms with Crippen molar-refractivity contribution in [1.29, 1.82) is 0 Å². The fourth-order valence-corrected chi connectivity index (χ4v) is 0.778. The lowest BCUT2D eigenvalue weighted by atomic mass is 10.2. The summed E-state index contributed by atoms with van der Waals surface area (Å²) in [5.74, 6) is 4.19. The summed E-state index contributed by atoms with van der Waals surface area (Å²) in [7, 11) is 0. The summed E-state index contributed by atoms with van der Waals surface area (Å²) >= 11 is 0. The summed E-state index contributed by atoms with van der Waals surface area (Å²) in [6, 6.07) is 1.01. The molecule has 0 saturated heterocycles. The standard InChI is InChI=1S/C8H4N2O4/c11-3-1-2-6-4-7(10(13)14)5-9-8(6)12/h3-5H,(H,9,12). The molecule has 0 aliphatic rings. The van der Waals surface area contributed by atoms with Crippen LogP contribution < -0.4 is 5.56 Å².